The molecule has 0 fully saturated rings. The normalized spacial score (nSPS) is 24.3. The molecule has 0 heterocycles. The van der Waals surface area contributed by atoms with Gasteiger partial charge in [0, 0.05) is 1.37 Å². The first-order valence-electron chi connectivity index (χ1n) is 4.46. The van der Waals surface area contributed by atoms with Crippen LogP contribution in [0.1, 0.15) is 8.27 Å². The Morgan fingerprint density at radius 1 is 1.00 bits per heavy atom. The zero-order valence-corrected chi connectivity index (χ0v) is 6.98. The second-order valence-electron chi connectivity index (χ2n) is 2.79. The molecule has 0 bridgehead atoms. The van der Waals surface area contributed by atoms with Crippen molar-refractivity contribution in [2.75, 3.05) is 6.61 Å². The van der Waals surface area contributed by atoms with Gasteiger partial charge in [0.25, 0.3) is 0 Å². The van der Waals surface area contributed by atoms with Crippen LogP contribution in [0.4, 0.5) is 0 Å². The van der Waals surface area contributed by atoms with Crippen molar-refractivity contribution in [2.45, 2.75) is 37.4 Å². The van der Waals surface area contributed by atoms with Crippen molar-refractivity contribution in [3.63, 3.8) is 0 Å². The van der Waals surface area contributed by atoms with Gasteiger partial charge in [-0.15, -0.1) is 0 Å². The molecule has 0 rings (SSSR count). The van der Waals surface area contributed by atoms with Crippen LogP contribution >= 0.6 is 0 Å². The van der Waals surface area contributed by atoms with Crippen LogP contribution in [0.15, 0.2) is 0 Å². The molecule has 0 aromatic heterocycles. The zero-order valence-electron chi connectivity index (χ0n) is 7.98. The largest absolute Gasteiger partial charge is 0.394 e. The van der Waals surface area contributed by atoms with Crippen molar-refractivity contribution in [2.24, 2.45) is 0 Å². The van der Waals surface area contributed by atoms with Gasteiger partial charge in [0.2, 0.25) is 0 Å². The molecule has 0 amide bonds. The summed E-state index contributed by atoms with van der Waals surface area (Å²) in [6.07, 6.45) is -8.42. The van der Waals surface area contributed by atoms with Crippen molar-refractivity contribution in [1.82, 2.24) is 0 Å². The standard InChI is InChI=1S/C7H16O6/c1-3(9)5(11)7(13)6(12)4(10)2-8/h3-13H,2H2,1H3/t3-,4+,5+,6+,7+/m0/s1/i1D. The molecule has 0 unspecified atom stereocenters. The molecule has 80 valence electrons. The maximum atomic E-state index is 9.17. The van der Waals surface area contributed by atoms with E-state index >= 15 is 0 Å². The Morgan fingerprint density at radius 2 is 1.54 bits per heavy atom. The van der Waals surface area contributed by atoms with Gasteiger partial charge in [-0.25, -0.2) is 0 Å². The Bertz CT molecular complexity index is 141. The maximum Gasteiger partial charge on any atom is 0.111 e. The molecule has 0 aromatic carbocycles. The quantitative estimate of drug-likeness (QED) is 0.276. The van der Waals surface area contributed by atoms with Crippen LogP contribution in [0.2, 0.25) is 0 Å². The summed E-state index contributed by atoms with van der Waals surface area (Å²) < 4.78 is 6.71. The van der Waals surface area contributed by atoms with Crippen molar-refractivity contribution in [1.29, 1.82) is 0 Å². The summed E-state index contributed by atoms with van der Waals surface area (Å²) in [6, 6.07) is 0. The van der Waals surface area contributed by atoms with E-state index in [-0.39, 0.29) is 0 Å². The summed E-state index contributed by atoms with van der Waals surface area (Å²) in [7, 11) is 0. The zero-order chi connectivity index (χ0) is 11.3. The van der Waals surface area contributed by atoms with Gasteiger partial charge in [0.15, 0.2) is 0 Å². The minimum atomic E-state index is -1.81. The molecular formula is C7H16O6. The van der Waals surface area contributed by atoms with Crippen molar-refractivity contribution >= 4 is 0 Å². The van der Waals surface area contributed by atoms with E-state index in [4.69, 9.17) is 26.9 Å². The van der Waals surface area contributed by atoms with E-state index < -0.39 is 44.0 Å². The Labute approximate surface area is 77.1 Å². The maximum absolute atomic E-state index is 9.17. The van der Waals surface area contributed by atoms with Gasteiger partial charge < -0.3 is 30.6 Å². The first-order chi connectivity index (χ1) is 6.45. The number of hydrogen-bond acceptors (Lipinski definition) is 6. The fraction of sp³-hybridized carbons (Fsp3) is 1.00. The van der Waals surface area contributed by atoms with Crippen LogP contribution in [0.25, 0.3) is 0 Å². The Hall–Kier alpha value is -0.240. The number of hydrogen-bond donors (Lipinski definition) is 6. The molecule has 0 aliphatic carbocycles. The van der Waals surface area contributed by atoms with E-state index in [2.05, 4.69) is 0 Å². The summed E-state index contributed by atoms with van der Waals surface area (Å²) in [4.78, 5) is 0. The lowest BCUT2D eigenvalue weighted by molar-refractivity contribution is -0.137. The lowest BCUT2D eigenvalue weighted by Gasteiger charge is -2.26. The SMILES string of the molecule is [2H]C[C@H](O)[C@@H](O)[C@@H](O)[C@H](O)[C@H](O)CO. The van der Waals surface area contributed by atoms with Crippen LogP contribution < -0.4 is 0 Å². The van der Waals surface area contributed by atoms with E-state index in [1.807, 2.05) is 0 Å². The fourth-order valence-corrected chi connectivity index (χ4v) is 0.765. The summed E-state index contributed by atoms with van der Waals surface area (Å²) in [5.41, 5.74) is 0. The summed E-state index contributed by atoms with van der Waals surface area (Å²) in [5, 5.41) is 53.7. The van der Waals surface area contributed by atoms with Crippen molar-refractivity contribution < 1.29 is 32.0 Å². The predicted molar refractivity (Wildman–Crippen MR) is 42.8 cm³/mol. The highest BCUT2D eigenvalue weighted by molar-refractivity contribution is 4.82. The third-order valence-electron chi connectivity index (χ3n) is 1.68. The van der Waals surface area contributed by atoms with Gasteiger partial charge >= 0.3 is 0 Å². The molecule has 0 radical (unpaired) electrons. The van der Waals surface area contributed by atoms with Crippen LogP contribution in [-0.2, 0) is 0 Å². The predicted octanol–water partition coefficient (Wildman–Crippen LogP) is -3.20. The molecular weight excluding hydrogens is 180 g/mol. The Morgan fingerprint density at radius 3 is 1.92 bits per heavy atom. The second kappa shape index (κ2) is 5.48. The first kappa shape index (κ1) is 10.8. The third-order valence-corrected chi connectivity index (χ3v) is 1.68. The highest BCUT2D eigenvalue weighted by Gasteiger charge is 2.32. The molecule has 6 N–H and O–H groups in total. The Balaban J connectivity index is 4.22. The highest BCUT2D eigenvalue weighted by atomic mass is 16.4. The second-order valence-corrected chi connectivity index (χ2v) is 2.79. The monoisotopic (exact) mass is 197 g/mol. The number of rotatable bonds is 5. The number of aliphatic hydroxyl groups is 6. The molecule has 0 saturated heterocycles. The highest BCUT2D eigenvalue weighted by Crippen LogP contribution is 2.07. The van der Waals surface area contributed by atoms with Crippen LogP contribution in [-0.4, -0.2) is 67.8 Å². The van der Waals surface area contributed by atoms with E-state index in [0.29, 0.717) is 0 Å². The van der Waals surface area contributed by atoms with Gasteiger partial charge in [-0.1, -0.05) is 0 Å². The van der Waals surface area contributed by atoms with E-state index in [0.717, 1.165) is 0 Å². The average molecular weight is 197 g/mol. The van der Waals surface area contributed by atoms with Crippen LogP contribution in [0.5, 0.6) is 0 Å². The minimum Gasteiger partial charge on any atom is -0.394 e. The molecule has 0 aliphatic rings. The molecule has 0 spiro atoms. The van der Waals surface area contributed by atoms with Gasteiger partial charge in [0.1, 0.15) is 24.4 Å². The molecule has 13 heavy (non-hydrogen) atoms. The first-order valence-corrected chi connectivity index (χ1v) is 3.76. The average Bonchev–Trinajstić information content (AvgIpc) is 2.23. The molecule has 6 heteroatoms. The van der Waals surface area contributed by atoms with Crippen molar-refractivity contribution in [3.8, 4) is 0 Å². The van der Waals surface area contributed by atoms with Crippen LogP contribution in [0, 0.1) is 0 Å². The van der Waals surface area contributed by atoms with Gasteiger partial charge in [-0.05, 0) is 6.90 Å². The van der Waals surface area contributed by atoms with Gasteiger partial charge in [0.05, 0.1) is 12.7 Å². The molecule has 5 atom stereocenters. The van der Waals surface area contributed by atoms with Crippen molar-refractivity contribution in [3.05, 3.63) is 0 Å². The van der Waals surface area contributed by atoms with E-state index in [9.17, 15) is 5.11 Å². The lowest BCUT2D eigenvalue weighted by Crippen LogP contribution is -2.49. The third kappa shape index (κ3) is 3.55. The van der Waals surface area contributed by atoms with E-state index in [1.165, 1.54) is 0 Å². The number of aliphatic hydroxyl groups excluding tert-OH is 6. The smallest absolute Gasteiger partial charge is 0.111 e. The summed E-state index contributed by atoms with van der Waals surface area (Å²) in [6.45, 7) is -1.32. The van der Waals surface area contributed by atoms with Crippen LogP contribution in [0.3, 0.4) is 0 Å². The lowest BCUT2D eigenvalue weighted by atomic mass is 10.0. The molecule has 0 aliphatic heterocycles. The summed E-state index contributed by atoms with van der Waals surface area (Å²) in [5.74, 6) is 0. The molecule has 0 saturated carbocycles. The van der Waals surface area contributed by atoms with Gasteiger partial charge in [-0.2, -0.15) is 0 Å². The summed E-state index contributed by atoms with van der Waals surface area (Å²) >= 11 is 0. The Kier molecular flexibility index (Phi) is 4.57. The van der Waals surface area contributed by atoms with Gasteiger partial charge in [-0.3, -0.25) is 0 Å². The molecule has 0 aromatic rings. The molecule has 6 nitrogen and oxygen atoms in total. The van der Waals surface area contributed by atoms with E-state index in [1.54, 1.807) is 0 Å². The minimum absolute atomic E-state index is 0.542. The fourth-order valence-electron chi connectivity index (χ4n) is 0.765. The topological polar surface area (TPSA) is 121 Å².